The van der Waals surface area contributed by atoms with Crippen LogP contribution in [-0.2, 0) is 4.79 Å². The van der Waals surface area contributed by atoms with Gasteiger partial charge < -0.3 is 14.2 Å². The molecule has 1 amide bonds. The molecule has 0 aliphatic rings. The molecule has 1 N–H and O–H groups in total. The average molecular weight is 475 g/mol. The molecule has 0 saturated heterocycles. The molecule has 0 radical (unpaired) electrons. The summed E-state index contributed by atoms with van der Waals surface area (Å²) in [5, 5.41) is 4.06. The normalized spacial score (nSPS) is 11.7. The van der Waals surface area contributed by atoms with Crippen molar-refractivity contribution in [1.82, 2.24) is 5.43 Å². The van der Waals surface area contributed by atoms with Gasteiger partial charge in [-0.15, -0.1) is 0 Å². The molecule has 0 aliphatic carbocycles. The molecule has 0 fully saturated rings. The second-order valence-corrected chi connectivity index (χ2v) is 8.20. The fraction of sp³-hybridized carbons (Fsp3) is 0.310. The number of benzene rings is 3. The number of hydrogen-bond donors (Lipinski definition) is 1. The quantitative estimate of drug-likeness (QED) is 0.181. The molecule has 3 aromatic carbocycles. The van der Waals surface area contributed by atoms with Gasteiger partial charge in [0.05, 0.1) is 19.9 Å². The molecule has 0 bridgehead atoms. The van der Waals surface area contributed by atoms with E-state index in [1.54, 1.807) is 20.2 Å². The first-order valence-corrected chi connectivity index (χ1v) is 12.1. The minimum atomic E-state index is -0.701. The summed E-state index contributed by atoms with van der Waals surface area (Å²) >= 11 is 0. The van der Waals surface area contributed by atoms with E-state index in [9.17, 15) is 4.79 Å². The Morgan fingerprint density at radius 1 is 0.943 bits per heavy atom. The highest BCUT2D eigenvalue weighted by Gasteiger charge is 2.14. The van der Waals surface area contributed by atoms with Gasteiger partial charge >= 0.3 is 0 Å². The van der Waals surface area contributed by atoms with E-state index in [-0.39, 0.29) is 5.91 Å². The lowest BCUT2D eigenvalue weighted by atomic mass is 10.1. The van der Waals surface area contributed by atoms with E-state index in [0.717, 1.165) is 29.5 Å². The van der Waals surface area contributed by atoms with E-state index in [1.165, 1.54) is 12.8 Å². The summed E-state index contributed by atoms with van der Waals surface area (Å²) in [4.78, 5) is 12.4. The monoisotopic (exact) mass is 474 g/mol. The molecule has 0 saturated carbocycles. The number of methoxy groups -OCH3 is 1. The Labute approximate surface area is 207 Å². The van der Waals surface area contributed by atoms with Crippen molar-refractivity contribution in [3.8, 4) is 28.4 Å². The van der Waals surface area contributed by atoms with Gasteiger partial charge in [0.15, 0.2) is 17.6 Å². The molecule has 35 heavy (non-hydrogen) atoms. The molecule has 0 heterocycles. The minimum absolute atomic E-state index is 0.340. The Morgan fingerprint density at radius 3 is 2.40 bits per heavy atom. The first kappa shape index (κ1) is 25.8. The Bertz CT molecular complexity index is 1080. The first-order chi connectivity index (χ1) is 17.1. The van der Waals surface area contributed by atoms with Crippen molar-refractivity contribution < 1.29 is 19.0 Å². The predicted octanol–water partition coefficient (Wildman–Crippen LogP) is 6.24. The molecule has 1 atom stereocenters. The number of amides is 1. The summed E-state index contributed by atoms with van der Waals surface area (Å²) in [5.74, 6) is 1.61. The number of nitrogens with zero attached hydrogens (tertiary/aromatic N) is 1. The number of nitrogens with one attached hydrogen (secondary N) is 1. The van der Waals surface area contributed by atoms with E-state index < -0.39 is 6.10 Å². The maximum atomic E-state index is 12.4. The largest absolute Gasteiger partial charge is 0.493 e. The van der Waals surface area contributed by atoms with Gasteiger partial charge in [0.25, 0.3) is 5.91 Å². The smallest absolute Gasteiger partial charge is 0.280 e. The predicted molar refractivity (Wildman–Crippen MR) is 140 cm³/mol. The number of hydrazone groups is 1. The minimum Gasteiger partial charge on any atom is -0.493 e. The second-order valence-electron chi connectivity index (χ2n) is 8.20. The van der Waals surface area contributed by atoms with Crippen molar-refractivity contribution >= 4 is 12.1 Å². The highest BCUT2D eigenvalue weighted by Crippen LogP contribution is 2.28. The van der Waals surface area contributed by atoms with Gasteiger partial charge in [-0.3, -0.25) is 4.79 Å². The SMILES string of the molecule is CCCCCCOc1ccc(/C=N/NC(=O)C(C)Oc2ccc(-c3ccccc3)cc2)cc1OC. The van der Waals surface area contributed by atoms with Crippen LogP contribution in [0.2, 0.25) is 0 Å². The Morgan fingerprint density at radius 2 is 1.69 bits per heavy atom. The van der Waals surface area contributed by atoms with Crippen LogP contribution in [0.15, 0.2) is 77.9 Å². The third-order valence-electron chi connectivity index (χ3n) is 5.48. The first-order valence-electron chi connectivity index (χ1n) is 12.1. The summed E-state index contributed by atoms with van der Waals surface area (Å²) in [7, 11) is 1.60. The molecule has 6 heteroatoms. The van der Waals surface area contributed by atoms with Gasteiger partial charge in [-0.05, 0) is 60.4 Å². The Hall–Kier alpha value is -3.80. The Balaban J connectivity index is 1.49. The lowest BCUT2D eigenvalue weighted by Crippen LogP contribution is -2.33. The standard InChI is InChI=1S/C29H34N2O4/c1-4-5-6-10-19-34-27-18-13-23(20-28(27)33-3)21-30-31-29(32)22(2)35-26-16-14-25(15-17-26)24-11-8-7-9-12-24/h7-9,11-18,20-22H,4-6,10,19H2,1-3H3,(H,31,32)/b30-21+. The highest BCUT2D eigenvalue weighted by molar-refractivity contribution is 5.85. The number of ether oxygens (including phenoxy) is 3. The van der Waals surface area contributed by atoms with Gasteiger partial charge in [-0.25, -0.2) is 5.43 Å². The van der Waals surface area contributed by atoms with Crippen LogP contribution >= 0.6 is 0 Å². The van der Waals surface area contributed by atoms with Crippen LogP contribution in [0, 0.1) is 0 Å². The topological polar surface area (TPSA) is 69.2 Å². The number of carbonyl (C=O) groups is 1. The number of rotatable bonds is 13. The number of unbranched alkanes of at least 4 members (excludes halogenated alkanes) is 3. The van der Waals surface area contributed by atoms with Crippen LogP contribution in [0.4, 0.5) is 0 Å². The fourth-order valence-electron chi connectivity index (χ4n) is 3.47. The summed E-state index contributed by atoms with van der Waals surface area (Å²) in [5.41, 5.74) is 5.52. The molecule has 0 aliphatic heterocycles. The van der Waals surface area contributed by atoms with E-state index in [4.69, 9.17) is 14.2 Å². The van der Waals surface area contributed by atoms with Crippen LogP contribution in [0.3, 0.4) is 0 Å². The summed E-state index contributed by atoms with van der Waals surface area (Å²) in [6, 6.07) is 23.3. The number of hydrogen-bond acceptors (Lipinski definition) is 5. The van der Waals surface area contributed by atoms with Crippen LogP contribution in [0.1, 0.15) is 45.1 Å². The van der Waals surface area contributed by atoms with Crippen molar-refractivity contribution in [3.63, 3.8) is 0 Å². The van der Waals surface area contributed by atoms with E-state index >= 15 is 0 Å². The van der Waals surface area contributed by atoms with E-state index in [2.05, 4.69) is 29.6 Å². The molecule has 0 spiro atoms. The average Bonchev–Trinajstić information content (AvgIpc) is 2.90. The highest BCUT2D eigenvalue weighted by atomic mass is 16.5. The van der Waals surface area contributed by atoms with Crippen molar-refractivity contribution in [2.24, 2.45) is 5.10 Å². The summed E-state index contributed by atoms with van der Waals surface area (Å²) in [6.07, 6.45) is 5.44. The van der Waals surface area contributed by atoms with E-state index in [0.29, 0.717) is 23.9 Å². The van der Waals surface area contributed by atoms with E-state index in [1.807, 2.05) is 60.7 Å². The van der Waals surface area contributed by atoms with Gasteiger partial charge in [0.1, 0.15) is 5.75 Å². The third kappa shape index (κ3) is 8.18. The molecular formula is C29H34N2O4. The van der Waals surface area contributed by atoms with Crippen molar-refractivity contribution in [1.29, 1.82) is 0 Å². The number of carbonyl (C=O) groups excluding carboxylic acids is 1. The van der Waals surface area contributed by atoms with Gasteiger partial charge in [0, 0.05) is 0 Å². The van der Waals surface area contributed by atoms with Gasteiger partial charge in [-0.1, -0.05) is 68.7 Å². The molecule has 3 aromatic rings. The lowest BCUT2D eigenvalue weighted by molar-refractivity contribution is -0.127. The zero-order valence-electron chi connectivity index (χ0n) is 20.7. The lowest BCUT2D eigenvalue weighted by Gasteiger charge is -2.13. The molecule has 6 nitrogen and oxygen atoms in total. The zero-order chi connectivity index (χ0) is 24.9. The summed E-state index contributed by atoms with van der Waals surface area (Å²) < 4.78 is 17.0. The third-order valence-corrected chi connectivity index (χ3v) is 5.48. The van der Waals surface area contributed by atoms with Crippen molar-refractivity contribution in [2.45, 2.75) is 45.6 Å². The second kappa shape index (κ2) is 13.8. The fourth-order valence-corrected chi connectivity index (χ4v) is 3.47. The maximum Gasteiger partial charge on any atom is 0.280 e. The molecule has 1 unspecified atom stereocenters. The summed E-state index contributed by atoms with van der Waals surface area (Å²) in [6.45, 7) is 4.53. The zero-order valence-corrected chi connectivity index (χ0v) is 20.7. The van der Waals surface area contributed by atoms with Crippen LogP contribution in [0.25, 0.3) is 11.1 Å². The maximum absolute atomic E-state index is 12.4. The Kier molecular flexibility index (Phi) is 10.2. The van der Waals surface area contributed by atoms with Gasteiger partial charge in [0.2, 0.25) is 0 Å². The van der Waals surface area contributed by atoms with Crippen molar-refractivity contribution in [2.75, 3.05) is 13.7 Å². The van der Waals surface area contributed by atoms with Crippen molar-refractivity contribution in [3.05, 3.63) is 78.4 Å². The van der Waals surface area contributed by atoms with Gasteiger partial charge in [-0.2, -0.15) is 5.10 Å². The molecule has 3 rings (SSSR count). The molecule has 184 valence electrons. The van der Waals surface area contributed by atoms with Crippen LogP contribution in [0.5, 0.6) is 17.2 Å². The molecular weight excluding hydrogens is 440 g/mol. The van der Waals surface area contributed by atoms with Crippen LogP contribution < -0.4 is 19.6 Å². The van der Waals surface area contributed by atoms with Crippen LogP contribution in [-0.4, -0.2) is 31.9 Å². The molecule has 0 aromatic heterocycles.